The van der Waals surface area contributed by atoms with Gasteiger partial charge in [-0.05, 0) is 31.2 Å². The van der Waals surface area contributed by atoms with Gasteiger partial charge in [-0.3, -0.25) is 9.59 Å². The molecule has 1 aromatic carbocycles. The van der Waals surface area contributed by atoms with E-state index in [2.05, 4.69) is 15.5 Å². The van der Waals surface area contributed by atoms with Gasteiger partial charge >= 0.3 is 0 Å². The zero-order valence-corrected chi connectivity index (χ0v) is 15.4. The fourth-order valence-corrected chi connectivity index (χ4v) is 2.54. The van der Waals surface area contributed by atoms with Crippen molar-refractivity contribution in [2.24, 2.45) is 0 Å². The van der Waals surface area contributed by atoms with Crippen LogP contribution in [0.15, 0.2) is 33.9 Å². The third kappa shape index (κ3) is 5.73. The molecule has 0 unspecified atom stereocenters. The van der Waals surface area contributed by atoms with Crippen LogP contribution in [0.1, 0.15) is 18.9 Å². The van der Waals surface area contributed by atoms with Crippen molar-refractivity contribution in [2.45, 2.75) is 18.3 Å². The number of aromatic nitrogens is 2. The summed E-state index contributed by atoms with van der Waals surface area (Å²) in [7, 11) is 3.04. The molecule has 2 aromatic rings. The van der Waals surface area contributed by atoms with E-state index in [1.54, 1.807) is 6.92 Å². The first-order valence-corrected chi connectivity index (χ1v) is 8.70. The maximum absolute atomic E-state index is 12.9. The van der Waals surface area contributed by atoms with Crippen molar-refractivity contribution in [2.75, 3.05) is 26.4 Å². The van der Waals surface area contributed by atoms with E-state index in [-0.39, 0.29) is 41.0 Å². The second-order valence-corrected chi connectivity index (χ2v) is 6.26. The average Bonchev–Trinajstić information content (AvgIpc) is 3.10. The van der Waals surface area contributed by atoms with E-state index in [4.69, 9.17) is 9.15 Å². The number of hydrogen-bond donors (Lipinski definition) is 1. The van der Waals surface area contributed by atoms with E-state index in [1.807, 2.05) is 0 Å². The molecule has 0 fully saturated rings. The maximum Gasteiger partial charge on any atom is 0.277 e. The van der Waals surface area contributed by atoms with E-state index >= 15 is 0 Å². The summed E-state index contributed by atoms with van der Waals surface area (Å²) in [5.74, 6) is -0.0815. The first-order valence-electron chi connectivity index (χ1n) is 7.72. The number of hydrogen-bond acceptors (Lipinski definition) is 7. The highest BCUT2D eigenvalue weighted by Gasteiger charge is 2.18. The topological polar surface area (TPSA) is 97.6 Å². The first-order chi connectivity index (χ1) is 12.4. The Bertz CT molecular complexity index is 753. The lowest BCUT2D eigenvalue weighted by atomic mass is 10.3. The Morgan fingerprint density at radius 2 is 2.04 bits per heavy atom. The molecule has 0 bridgehead atoms. The van der Waals surface area contributed by atoms with Gasteiger partial charge in [0.25, 0.3) is 11.1 Å². The monoisotopic (exact) mass is 382 g/mol. The van der Waals surface area contributed by atoms with Gasteiger partial charge in [0.05, 0.1) is 12.3 Å². The molecule has 1 aromatic heterocycles. The van der Waals surface area contributed by atoms with Crippen LogP contribution >= 0.6 is 11.8 Å². The van der Waals surface area contributed by atoms with Gasteiger partial charge in [-0.25, -0.2) is 4.39 Å². The minimum absolute atomic E-state index is 0.0203. The molecule has 0 aliphatic rings. The minimum atomic E-state index is -0.533. The second kappa shape index (κ2) is 9.18. The zero-order valence-electron chi connectivity index (χ0n) is 14.6. The number of likely N-dealkylation sites (N-methyl/N-ethyl adjacent to an activating group) is 2. The van der Waals surface area contributed by atoms with Crippen molar-refractivity contribution in [3.05, 3.63) is 36.0 Å². The molecule has 2 amide bonds. The van der Waals surface area contributed by atoms with Crippen LogP contribution in [0.25, 0.3) is 0 Å². The SMILES string of the molecule is CNC(=O)CN(C)C(=O)CSc1nnc([C@@H](C)Oc2ccc(F)cc2)o1. The molecule has 2 rings (SSSR count). The van der Waals surface area contributed by atoms with Gasteiger partial charge in [0, 0.05) is 14.1 Å². The number of carbonyl (C=O) groups is 2. The Morgan fingerprint density at radius 1 is 1.35 bits per heavy atom. The van der Waals surface area contributed by atoms with Crippen molar-refractivity contribution in [3.8, 4) is 5.75 Å². The van der Waals surface area contributed by atoms with E-state index in [0.717, 1.165) is 11.8 Å². The molecule has 0 radical (unpaired) electrons. The van der Waals surface area contributed by atoms with Crippen molar-refractivity contribution < 1.29 is 23.1 Å². The molecule has 0 saturated heterocycles. The van der Waals surface area contributed by atoms with Crippen LogP contribution in [0.4, 0.5) is 4.39 Å². The van der Waals surface area contributed by atoms with E-state index in [0.29, 0.717) is 5.75 Å². The second-order valence-electron chi connectivity index (χ2n) is 5.33. The van der Waals surface area contributed by atoms with Gasteiger partial charge < -0.3 is 19.4 Å². The fourth-order valence-electron chi connectivity index (χ4n) is 1.83. The molecule has 140 valence electrons. The Kier molecular flexibility index (Phi) is 6.96. The molecule has 26 heavy (non-hydrogen) atoms. The third-order valence-electron chi connectivity index (χ3n) is 3.30. The van der Waals surface area contributed by atoms with Gasteiger partial charge in [-0.2, -0.15) is 0 Å². The van der Waals surface area contributed by atoms with E-state index in [9.17, 15) is 14.0 Å². The van der Waals surface area contributed by atoms with Crippen molar-refractivity contribution in [1.82, 2.24) is 20.4 Å². The Labute approximate surface area is 154 Å². The summed E-state index contributed by atoms with van der Waals surface area (Å²) in [6.07, 6.45) is -0.533. The Morgan fingerprint density at radius 3 is 2.69 bits per heavy atom. The quantitative estimate of drug-likeness (QED) is 0.693. The smallest absolute Gasteiger partial charge is 0.277 e. The first kappa shape index (κ1) is 19.7. The molecule has 0 saturated carbocycles. The minimum Gasteiger partial charge on any atom is -0.481 e. The summed E-state index contributed by atoms with van der Waals surface area (Å²) in [5.41, 5.74) is 0. The van der Waals surface area contributed by atoms with Gasteiger partial charge in [0.1, 0.15) is 11.6 Å². The van der Waals surface area contributed by atoms with Gasteiger partial charge in [-0.15, -0.1) is 10.2 Å². The Hall–Kier alpha value is -2.62. The largest absolute Gasteiger partial charge is 0.481 e. The number of amides is 2. The lowest BCUT2D eigenvalue weighted by Gasteiger charge is -2.15. The number of rotatable bonds is 8. The maximum atomic E-state index is 12.9. The number of halogens is 1. The molecule has 1 atom stereocenters. The Balaban J connectivity index is 1.85. The summed E-state index contributed by atoms with van der Waals surface area (Å²) >= 11 is 1.07. The van der Waals surface area contributed by atoms with Crippen LogP contribution in [-0.4, -0.2) is 53.3 Å². The molecule has 0 aliphatic carbocycles. The lowest BCUT2D eigenvalue weighted by molar-refractivity contribution is -0.132. The van der Waals surface area contributed by atoms with Crippen LogP contribution in [0, 0.1) is 5.82 Å². The highest BCUT2D eigenvalue weighted by Crippen LogP contribution is 2.24. The number of nitrogens with one attached hydrogen (secondary N) is 1. The number of nitrogens with zero attached hydrogens (tertiary/aromatic N) is 3. The average molecular weight is 382 g/mol. The molecular weight excluding hydrogens is 363 g/mol. The number of ether oxygens (including phenoxy) is 1. The molecule has 0 spiro atoms. The third-order valence-corrected chi connectivity index (χ3v) is 4.10. The standard InChI is InChI=1S/C16H19FN4O4S/c1-10(24-12-6-4-11(17)5-7-12)15-19-20-16(25-15)26-9-14(23)21(3)8-13(22)18-2/h4-7,10H,8-9H2,1-3H3,(H,18,22)/t10-/m1/s1. The van der Waals surface area contributed by atoms with Crippen LogP contribution in [0.5, 0.6) is 5.75 Å². The summed E-state index contributed by atoms with van der Waals surface area (Å²) in [5, 5.41) is 10.4. The van der Waals surface area contributed by atoms with Gasteiger partial charge in [0.15, 0.2) is 6.10 Å². The normalized spacial score (nSPS) is 11.7. The summed E-state index contributed by atoms with van der Waals surface area (Å²) in [6.45, 7) is 1.70. The van der Waals surface area contributed by atoms with Crippen molar-refractivity contribution in [3.63, 3.8) is 0 Å². The molecule has 8 nitrogen and oxygen atoms in total. The van der Waals surface area contributed by atoms with Gasteiger partial charge in [0.2, 0.25) is 11.8 Å². The molecule has 1 N–H and O–H groups in total. The van der Waals surface area contributed by atoms with E-state index < -0.39 is 6.10 Å². The number of thioether (sulfide) groups is 1. The highest BCUT2D eigenvalue weighted by atomic mass is 32.2. The van der Waals surface area contributed by atoms with Crippen molar-refractivity contribution in [1.29, 1.82) is 0 Å². The molecular formula is C16H19FN4O4S. The van der Waals surface area contributed by atoms with Crippen molar-refractivity contribution >= 4 is 23.6 Å². The van der Waals surface area contributed by atoms with Crippen LogP contribution in [0.2, 0.25) is 0 Å². The lowest BCUT2D eigenvalue weighted by Crippen LogP contribution is -2.37. The number of benzene rings is 1. The summed E-state index contributed by atoms with van der Waals surface area (Å²) in [6, 6.07) is 5.58. The summed E-state index contributed by atoms with van der Waals surface area (Å²) in [4.78, 5) is 24.5. The van der Waals surface area contributed by atoms with Gasteiger partial charge in [-0.1, -0.05) is 11.8 Å². The zero-order chi connectivity index (χ0) is 19.1. The van der Waals surface area contributed by atoms with E-state index in [1.165, 1.54) is 43.3 Å². The van der Waals surface area contributed by atoms with Crippen LogP contribution < -0.4 is 10.1 Å². The van der Waals surface area contributed by atoms with Crippen LogP contribution in [-0.2, 0) is 9.59 Å². The molecule has 1 heterocycles. The highest BCUT2D eigenvalue weighted by molar-refractivity contribution is 7.99. The fraction of sp³-hybridized carbons (Fsp3) is 0.375. The molecule has 10 heteroatoms. The predicted molar refractivity (Wildman–Crippen MR) is 92.2 cm³/mol. The predicted octanol–water partition coefficient (Wildman–Crippen LogP) is 1.65. The molecule has 0 aliphatic heterocycles. The summed E-state index contributed by atoms with van der Waals surface area (Å²) < 4.78 is 24.0. The van der Waals surface area contributed by atoms with Crippen LogP contribution in [0.3, 0.4) is 0 Å². The number of carbonyl (C=O) groups excluding carboxylic acids is 2.